The summed E-state index contributed by atoms with van der Waals surface area (Å²) in [6.07, 6.45) is 11.1. The van der Waals surface area contributed by atoms with Gasteiger partial charge >= 0.3 is 233 Å². The standard InChI is InChI=1S/C25H30P.3C5H5.C2H7N.3Fe/c1-3-19-11-9-15-22(19)24-16-7-8-18-25(24,26-21-13-5-6-14-21)23-17-10-12-20(23)4-2;3*1-2-4-5-3-1;1-3-2;;;/h5-6,9-15,17,24,26H,3-4,7-8,16,18H2,1-2H3;3*1-5H;3H,1-2H3;;;. The zero-order valence-corrected chi connectivity index (χ0v) is 32.6. The largest absolute Gasteiger partial charge is 0.323 e. The summed E-state index contributed by atoms with van der Waals surface area (Å²) in [5.41, 5.74) is 0. The Morgan fingerprint density at radius 2 is 1.06 bits per heavy atom. The molecule has 31 fully saturated rings. The van der Waals surface area contributed by atoms with Crippen LogP contribution in [0.1, 0.15) is 52.4 Å². The fraction of sp³-hybridized carbons (Fsp3) is 1.00. The summed E-state index contributed by atoms with van der Waals surface area (Å²) in [6.45, 7) is -4.11. The third-order valence-corrected chi connectivity index (χ3v) is 187. The molecular formula is C42H52Fe3NP. The topological polar surface area (TPSA) is 12.0 Å². The summed E-state index contributed by atoms with van der Waals surface area (Å²) in [5.74, 6) is 1.47. The molecule has 3 spiro atoms. The van der Waals surface area contributed by atoms with Crippen molar-refractivity contribution in [1.29, 1.82) is 0 Å². The molecule has 0 aromatic heterocycles. The second-order valence-corrected chi connectivity index (χ2v) is 106. The molecule has 0 radical (unpaired) electrons. The van der Waals surface area contributed by atoms with Crippen LogP contribution >= 0.6 is 8.58 Å². The monoisotopic (exact) mass is 769 g/mol. The number of hydrogen-bond donors (Lipinski definition) is 1. The summed E-state index contributed by atoms with van der Waals surface area (Å²) < 4.78 is 6.18. The minimum Gasteiger partial charge on any atom is -0.323 e. The van der Waals surface area contributed by atoms with Gasteiger partial charge in [0.15, 0.2) is 0 Å². The van der Waals surface area contributed by atoms with Crippen molar-refractivity contribution in [1.82, 2.24) is 5.32 Å². The van der Waals surface area contributed by atoms with Crippen molar-refractivity contribution < 1.29 is 19.5 Å². The predicted molar refractivity (Wildman–Crippen MR) is 176 cm³/mol. The second kappa shape index (κ2) is 1.58. The molecular weight excluding hydrogens is 717 g/mol. The van der Waals surface area contributed by atoms with Crippen LogP contribution < -0.4 is 5.32 Å². The van der Waals surface area contributed by atoms with Crippen LogP contribution in [-0.4, -0.2) is 23.3 Å². The fourth-order valence-electron chi connectivity index (χ4n) is 57.9. The van der Waals surface area contributed by atoms with Crippen molar-refractivity contribution in [2.45, 2.75) is 199 Å². The molecule has 0 aromatic rings. The number of fused-ring (bicyclic) bond motifs is 30. The van der Waals surface area contributed by atoms with Gasteiger partial charge in [-0.1, -0.05) is 0 Å². The molecule has 17 unspecified atom stereocenters. The molecule has 17 atom stereocenters. The Kier molecular flexibility index (Phi) is 0.621. The summed E-state index contributed by atoms with van der Waals surface area (Å²) >= 11 is 0. The molecule has 31 aliphatic rings. The van der Waals surface area contributed by atoms with Crippen molar-refractivity contribution in [2.24, 2.45) is 5.92 Å². The van der Waals surface area contributed by atoms with E-state index in [2.05, 4.69) is 19.2 Å². The molecule has 31 rings (SSSR count). The third kappa shape index (κ3) is 0.201. The maximum atomic E-state index is 2.95. The van der Waals surface area contributed by atoms with Gasteiger partial charge in [-0.05, 0) is 14.1 Å². The van der Waals surface area contributed by atoms with Gasteiger partial charge in [0.05, 0.1) is 0 Å². The van der Waals surface area contributed by atoms with Gasteiger partial charge in [-0.25, -0.2) is 0 Å². The Labute approximate surface area is 250 Å². The van der Waals surface area contributed by atoms with Gasteiger partial charge in [-0.2, -0.15) is 0 Å². The Hall–Kier alpha value is 1.95. The van der Waals surface area contributed by atoms with Gasteiger partial charge < -0.3 is 5.32 Å². The van der Waals surface area contributed by atoms with E-state index in [-0.39, 0.29) is 0 Å². The average molecular weight is 769 g/mol. The van der Waals surface area contributed by atoms with Crippen LogP contribution in [0.15, 0.2) is 0 Å². The van der Waals surface area contributed by atoms with Crippen molar-refractivity contribution in [3.8, 4) is 0 Å². The van der Waals surface area contributed by atoms with Crippen molar-refractivity contribution >= 4 is 8.58 Å². The summed E-state index contributed by atoms with van der Waals surface area (Å²) in [5, 5.41) is 3.85. The van der Waals surface area contributed by atoms with Gasteiger partial charge in [0.25, 0.3) is 0 Å². The Morgan fingerprint density at radius 3 is 1.43 bits per heavy atom. The second-order valence-electron chi connectivity index (χ2n) is 33.6. The van der Waals surface area contributed by atoms with E-state index in [1.54, 1.807) is 142 Å². The summed E-state index contributed by atoms with van der Waals surface area (Å²) in [4.78, 5) is 40.0. The minimum atomic E-state index is -3.46. The molecule has 0 bridgehead atoms. The van der Waals surface area contributed by atoms with E-state index in [0.717, 1.165) is 5.16 Å². The van der Waals surface area contributed by atoms with Crippen LogP contribution in [0.2, 0.25) is 138 Å². The van der Waals surface area contributed by atoms with Gasteiger partial charge in [0.2, 0.25) is 0 Å². The van der Waals surface area contributed by atoms with E-state index in [9.17, 15) is 0 Å². The van der Waals surface area contributed by atoms with Crippen molar-refractivity contribution in [2.75, 3.05) is 14.1 Å². The average Bonchev–Trinajstić information content (AvgIpc) is 3.79. The molecule has 1 N–H and O–H groups in total. The Balaban J connectivity index is 0.000000606. The van der Waals surface area contributed by atoms with E-state index < -0.39 is 19.5 Å². The number of nitrogens with one attached hydrogen (secondary N) is 1. The molecule has 30 aliphatic heterocycles. The normalized spacial score (nSPS) is 139. The third-order valence-electron chi connectivity index (χ3n) is 49.7. The first kappa shape index (κ1) is 18.5. The molecule has 254 valence electrons. The molecule has 30 heterocycles. The summed E-state index contributed by atoms with van der Waals surface area (Å²) in [7, 11) is 5.49. The van der Waals surface area contributed by atoms with Crippen molar-refractivity contribution in [3.05, 3.63) is 0 Å². The zero-order valence-electron chi connectivity index (χ0n) is 28.3. The smallest absolute Gasteiger partial charge is 0.0167 e. The fourth-order valence-corrected chi connectivity index (χ4v) is 305. The molecule has 1 saturated carbocycles. The van der Waals surface area contributed by atoms with Crippen LogP contribution in [0.4, 0.5) is 0 Å². The Bertz CT molecular complexity index is 3580. The molecule has 47 heavy (non-hydrogen) atoms. The van der Waals surface area contributed by atoms with Crippen LogP contribution in [-0.2, 0) is 19.5 Å². The first-order chi connectivity index (χ1) is 22.3. The van der Waals surface area contributed by atoms with E-state index in [4.69, 9.17) is 0 Å². The quantitative estimate of drug-likeness (QED) is 0.210. The van der Waals surface area contributed by atoms with Crippen LogP contribution in [0, 0.1) is 5.92 Å². The SMILES string of the molecule is CC[C]12[CH]3[CH]4[CH]5[C]1(C1CCCCC1(P[C]16[CH]7[CH]8[CH]9[CH]1[Fe]89761%10%11%12[CH]6[CH]1[CH]%10[CH]%11[CH]6%12)[C]16[CH]7[CH]8[CH]9[C]1(CC)[Fe]89761%10%11%12[CH]6[CH]1[CH]%10[CH]%11[CH]6%12)[Fe]43521678[CH]2[CH]1[CH]6[CH]7[CH]28.CNC. The first-order valence-corrected chi connectivity index (χ1v) is 42.0. The van der Waals surface area contributed by atoms with Crippen LogP contribution in [0.25, 0.3) is 0 Å². The van der Waals surface area contributed by atoms with Crippen LogP contribution in [0.5, 0.6) is 0 Å². The molecule has 1 aliphatic carbocycles. The predicted octanol–water partition coefficient (Wildman–Crippen LogP) is 12.8. The van der Waals surface area contributed by atoms with E-state index in [1.165, 1.54) is 27.2 Å². The number of hydrogen-bond acceptors (Lipinski definition) is 1. The van der Waals surface area contributed by atoms with Crippen LogP contribution in [0.3, 0.4) is 0 Å². The maximum Gasteiger partial charge on any atom is -0.0167 e. The van der Waals surface area contributed by atoms with Gasteiger partial charge in [-0.3, -0.25) is 0 Å². The molecule has 5 heteroatoms. The van der Waals surface area contributed by atoms with E-state index >= 15 is 0 Å². The summed E-state index contributed by atoms with van der Waals surface area (Å²) in [6, 6.07) is 0. The first-order valence-electron chi connectivity index (χ1n) is 22.3. The molecule has 0 aromatic carbocycles. The van der Waals surface area contributed by atoms with E-state index in [0.29, 0.717) is 0 Å². The molecule has 1 nitrogen and oxygen atoms in total. The Morgan fingerprint density at radius 1 is 0.553 bits per heavy atom. The minimum absolute atomic E-state index is 1.10. The maximum absolute atomic E-state index is 3.46. The van der Waals surface area contributed by atoms with Gasteiger partial charge in [0, 0.05) is 0 Å². The molecule has 0 amide bonds. The molecule has 30 saturated heterocycles. The van der Waals surface area contributed by atoms with Gasteiger partial charge in [-0.15, -0.1) is 0 Å². The van der Waals surface area contributed by atoms with E-state index in [1.807, 2.05) is 39.8 Å². The zero-order chi connectivity index (χ0) is 28.6. The number of rotatable bonds is 6. The van der Waals surface area contributed by atoms with Crippen molar-refractivity contribution in [3.63, 3.8) is 0 Å². The van der Waals surface area contributed by atoms with Gasteiger partial charge in [0.1, 0.15) is 0 Å².